The van der Waals surface area contributed by atoms with Crippen LogP contribution in [0.2, 0.25) is 0 Å². The largest absolute Gasteiger partial charge is 0.354 e. The Morgan fingerprint density at radius 3 is 2.78 bits per heavy atom. The van der Waals surface area contributed by atoms with Crippen LogP contribution in [0.5, 0.6) is 0 Å². The zero-order chi connectivity index (χ0) is 18.8. The van der Waals surface area contributed by atoms with Crippen LogP contribution in [0.15, 0.2) is 53.3 Å². The molecule has 1 saturated heterocycles. The van der Waals surface area contributed by atoms with Gasteiger partial charge in [0.25, 0.3) is 5.91 Å². The van der Waals surface area contributed by atoms with Crippen molar-refractivity contribution in [1.82, 2.24) is 14.9 Å². The number of anilines is 1. The zero-order valence-corrected chi connectivity index (χ0v) is 16.8. The normalized spacial score (nSPS) is 15.0. The first-order valence-corrected chi connectivity index (χ1v) is 9.92. The average molecular weight is 425 g/mol. The van der Waals surface area contributed by atoms with E-state index >= 15 is 0 Å². The molecule has 1 aliphatic rings. The number of rotatable bonds is 2. The molecule has 0 radical (unpaired) electrons. The first kappa shape index (κ1) is 17.9. The van der Waals surface area contributed by atoms with Crippen molar-refractivity contribution >= 4 is 38.6 Å². The first-order chi connectivity index (χ1) is 13.1. The molecule has 1 aromatic heterocycles. The van der Waals surface area contributed by atoms with Gasteiger partial charge in [-0.1, -0.05) is 33.6 Å². The van der Waals surface area contributed by atoms with Crippen LogP contribution in [-0.4, -0.2) is 47.0 Å². The Labute approximate surface area is 167 Å². The zero-order valence-electron chi connectivity index (χ0n) is 15.2. The summed E-state index contributed by atoms with van der Waals surface area (Å²) in [7, 11) is 0. The molecule has 4 rings (SSSR count). The van der Waals surface area contributed by atoms with Gasteiger partial charge in [-0.05, 0) is 43.7 Å². The molecule has 138 valence electrons. The van der Waals surface area contributed by atoms with E-state index in [0.717, 1.165) is 58.4 Å². The van der Waals surface area contributed by atoms with Crippen LogP contribution in [0.4, 0.5) is 5.82 Å². The second-order valence-corrected chi connectivity index (χ2v) is 7.78. The maximum atomic E-state index is 12.9. The number of aromatic nitrogens is 2. The van der Waals surface area contributed by atoms with Crippen molar-refractivity contribution in [2.45, 2.75) is 13.3 Å². The van der Waals surface area contributed by atoms with Gasteiger partial charge in [0.1, 0.15) is 12.1 Å². The number of hydrogen-bond donors (Lipinski definition) is 0. The first-order valence-electron chi connectivity index (χ1n) is 9.13. The molecule has 1 fully saturated rings. The van der Waals surface area contributed by atoms with Crippen LogP contribution in [0.3, 0.4) is 0 Å². The van der Waals surface area contributed by atoms with Gasteiger partial charge in [0.2, 0.25) is 0 Å². The lowest BCUT2D eigenvalue weighted by Crippen LogP contribution is -2.35. The number of nitrogens with zero attached hydrogens (tertiary/aromatic N) is 4. The molecule has 2 heterocycles. The van der Waals surface area contributed by atoms with Crippen LogP contribution in [0.25, 0.3) is 10.9 Å². The van der Waals surface area contributed by atoms with E-state index in [1.165, 1.54) is 0 Å². The maximum Gasteiger partial charge on any atom is 0.253 e. The van der Waals surface area contributed by atoms with Gasteiger partial charge in [-0.25, -0.2) is 9.97 Å². The average Bonchev–Trinajstić information content (AvgIpc) is 2.93. The highest BCUT2D eigenvalue weighted by atomic mass is 79.9. The SMILES string of the molecule is Cc1cccc(C(=O)N2CCCN(c3ncnc4ccc(Br)cc34)CC2)c1. The lowest BCUT2D eigenvalue weighted by Gasteiger charge is -2.24. The molecule has 2 aromatic carbocycles. The number of carbonyl (C=O) groups excluding carboxylic acids is 1. The van der Waals surface area contributed by atoms with Crippen molar-refractivity contribution in [3.8, 4) is 0 Å². The molecule has 0 bridgehead atoms. The van der Waals surface area contributed by atoms with Gasteiger partial charge < -0.3 is 9.80 Å². The second-order valence-electron chi connectivity index (χ2n) is 6.86. The third-order valence-corrected chi connectivity index (χ3v) is 5.42. The van der Waals surface area contributed by atoms with Crippen LogP contribution in [-0.2, 0) is 0 Å². The summed E-state index contributed by atoms with van der Waals surface area (Å²) in [5, 5.41) is 1.03. The minimum absolute atomic E-state index is 0.107. The number of fused-ring (bicyclic) bond motifs is 1. The standard InChI is InChI=1S/C21H21BrN4O/c1-15-4-2-5-16(12-15)21(27)26-9-3-8-25(10-11-26)20-18-13-17(22)6-7-19(18)23-14-24-20/h2,4-7,12-14H,3,8-11H2,1H3. The predicted molar refractivity (Wildman–Crippen MR) is 111 cm³/mol. The number of aryl methyl sites for hydroxylation is 1. The van der Waals surface area contributed by atoms with E-state index in [2.05, 4.69) is 36.9 Å². The fourth-order valence-corrected chi connectivity index (χ4v) is 3.92. The third kappa shape index (κ3) is 3.81. The number of halogens is 1. The summed E-state index contributed by atoms with van der Waals surface area (Å²) in [6, 6.07) is 13.9. The highest BCUT2D eigenvalue weighted by Crippen LogP contribution is 2.27. The summed E-state index contributed by atoms with van der Waals surface area (Å²) in [6.45, 7) is 5.09. The number of benzene rings is 2. The quantitative estimate of drug-likeness (QED) is 0.622. The number of amides is 1. The fraction of sp³-hybridized carbons (Fsp3) is 0.286. The second kappa shape index (κ2) is 7.64. The molecule has 0 unspecified atom stereocenters. The van der Waals surface area contributed by atoms with E-state index < -0.39 is 0 Å². The predicted octanol–water partition coefficient (Wildman–Crippen LogP) is 4.05. The molecule has 0 spiro atoms. The monoisotopic (exact) mass is 424 g/mol. The molecule has 0 saturated carbocycles. The molecule has 5 nitrogen and oxygen atoms in total. The van der Waals surface area contributed by atoms with Gasteiger partial charge in [0.05, 0.1) is 5.52 Å². The summed E-state index contributed by atoms with van der Waals surface area (Å²) in [5.74, 6) is 1.04. The Morgan fingerprint density at radius 2 is 1.93 bits per heavy atom. The van der Waals surface area contributed by atoms with Gasteiger partial charge >= 0.3 is 0 Å². The number of carbonyl (C=O) groups is 1. The van der Waals surface area contributed by atoms with Crippen molar-refractivity contribution in [1.29, 1.82) is 0 Å². The van der Waals surface area contributed by atoms with E-state index in [0.29, 0.717) is 6.54 Å². The molecular weight excluding hydrogens is 404 g/mol. The molecule has 1 amide bonds. The molecule has 27 heavy (non-hydrogen) atoms. The maximum absolute atomic E-state index is 12.9. The lowest BCUT2D eigenvalue weighted by atomic mass is 10.1. The molecule has 0 atom stereocenters. The van der Waals surface area contributed by atoms with Gasteiger partial charge in [-0.3, -0.25) is 4.79 Å². The van der Waals surface area contributed by atoms with Crippen LogP contribution < -0.4 is 4.90 Å². The van der Waals surface area contributed by atoms with Crippen molar-refractivity contribution in [3.63, 3.8) is 0 Å². The summed E-state index contributed by atoms with van der Waals surface area (Å²) < 4.78 is 1.01. The Balaban J connectivity index is 1.56. The molecule has 0 aliphatic carbocycles. The van der Waals surface area contributed by atoms with E-state index in [1.807, 2.05) is 48.2 Å². The minimum atomic E-state index is 0.107. The van der Waals surface area contributed by atoms with Crippen molar-refractivity contribution in [2.75, 3.05) is 31.1 Å². The van der Waals surface area contributed by atoms with Gasteiger partial charge in [0.15, 0.2) is 0 Å². The summed E-state index contributed by atoms with van der Waals surface area (Å²) in [6.07, 6.45) is 2.53. The van der Waals surface area contributed by atoms with Crippen molar-refractivity contribution < 1.29 is 4.79 Å². The smallest absolute Gasteiger partial charge is 0.253 e. The van der Waals surface area contributed by atoms with Crippen LogP contribution in [0, 0.1) is 6.92 Å². The Kier molecular flexibility index (Phi) is 5.07. The molecule has 0 N–H and O–H groups in total. The lowest BCUT2D eigenvalue weighted by molar-refractivity contribution is 0.0767. The highest BCUT2D eigenvalue weighted by Gasteiger charge is 2.22. The third-order valence-electron chi connectivity index (χ3n) is 4.92. The van der Waals surface area contributed by atoms with Crippen molar-refractivity contribution in [3.05, 3.63) is 64.4 Å². The minimum Gasteiger partial charge on any atom is -0.354 e. The van der Waals surface area contributed by atoms with Gasteiger partial charge in [-0.15, -0.1) is 0 Å². The molecule has 3 aromatic rings. The fourth-order valence-electron chi connectivity index (χ4n) is 3.56. The topological polar surface area (TPSA) is 49.3 Å². The summed E-state index contributed by atoms with van der Waals surface area (Å²) in [5.41, 5.74) is 2.80. The Morgan fingerprint density at radius 1 is 1.04 bits per heavy atom. The Hall–Kier alpha value is -2.47. The van der Waals surface area contributed by atoms with Crippen LogP contribution >= 0.6 is 15.9 Å². The molecular formula is C21H21BrN4O. The summed E-state index contributed by atoms with van der Waals surface area (Å²) >= 11 is 3.54. The van der Waals surface area contributed by atoms with E-state index in [1.54, 1.807) is 6.33 Å². The van der Waals surface area contributed by atoms with E-state index in [-0.39, 0.29) is 5.91 Å². The van der Waals surface area contributed by atoms with E-state index in [9.17, 15) is 4.79 Å². The molecule has 1 aliphatic heterocycles. The Bertz CT molecular complexity index is 991. The highest BCUT2D eigenvalue weighted by molar-refractivity contribution is 9.10. The van der Waals surface area contributed by atoms with Gasteiger partial charge in [0, 0.05) is 41.6 Å². The van der Waals surface area contributed by atoms with E-state index in [4.69, 9.17) is 0 Å². The number of hydrogen-bond acceptors (Lipinski definition) is 4. The van der Waals surface area contributed by atoms with Gasteiger partial charge in [-0.2, -0.15) is 0 Å². The van der Waals surface area contributed by atoms with Crippen LogP contribution in [0.1, 0.15) is 22.3 Å². The summed E-state index contributed by atoms with van der Waals surface area (Å²) in [4.78, 5) is 26.0. The molecule has 6 heteroatoms. The van der Waals surface area contributed by atoms with Crippen molar-refractivity contribution in [2.24, 2.45) is 0 Å².